The first-order valence-corrected chi connectivity index (χ1v) is 7.45. The fourth-order valence-corrected chi connectivity index (χ4v) is 2.61. The number of nitrogens with zero attached hydrogens (tertiary/aromatic N) is 2. The SMILES string of the molecule is CN1CCOCC(CNC(=O)Nc2ccc3[nH]ncc3c2)C1. The average molecular weight is 303 g/mol. The molecule has 7 nitrogen and oxygen atoms in total. The lowest BCUT2D eigenvalue weighted by atomic mass is 10.1. The molecule has 3 rings (SSSR count). The van der Waals surface area contributed by atoms with Crippen molar-refractivity contribution in [1.82, 2.24) is 20.4 Å². The number of benzene rings is 1. The van der Waals surface area contributed by atoms with Gasteiger partial charge in [0.1, 0.15) is 0 Å². The molecule has 1 fully saturated rings. The molecular formula is C15H21N5O2. The van der Waals surface area contributed by atoms with Crippen LogP contribution in [0.25, 0.3) is 10.9 Å². The van der Waals surface area contributed by atoms with Gasteiger partial charge in [0, 0.05) is 36.6 Å². The monoisotopic (exact) mass is 303 g/mol. The number of aromatic amines is 1. The molecule has 0 spiro atoms. The maximum atomic E-state index is 12.0. The number of aromatic nitrogens is 2. The minimum Gasteiger partial charge on any atom is -0.380 e. The minimum absolute atomic E-state index is 0.199. The molecule has 1 aliphatic heterocycles. The van der Waals surface area contributed by atoms with Crippen LogP contribution < -0.4 is 10.6 Å². The highest BCUT2D eigenvalue weighted by atomic mass is 16.5. The molecule has 0 bridgehead atoms. The highest BCUT2D eigenvalue weighted by Crippen LogP contribution is 2.16. The van der Waals surface area contributed by atoms with Crippen molar-refractivity contribution in [3.05, 3.63) is 24.4 Å². The zero-order valence-corrected chi connectivity index (χ0v) is 12.6. The van der Waals surface area contributed by atoms with Crippen LogP contribution >= 0.6 is 0 Å². The van der Waals surface area contributed by atoms with Crippen LogP contribution in [0.3, 0.4) is 0 Å². The molecule has 0 radical (unpaired) electrons. The lowest BCUT2D eigenvalue weighted by Gasteiger charge is -2.19. The Morgan fingerprint density at radius 1 is 1.55 bits per heavy atom. The molecule has 1 unspecified atom stereocenters. The second-order valence-corrected chi connectivity index (χ2v) is 5.71. The summed E-state index contributed by atoms with van der Waals surface area (Å²) in [7, 11) is 2.07. The van der Waals surface area contributed by atoms with Gasteiger partial charge in [-0.15, -0.1) is 0 Å². The van der Waals surface area contributed by atoms with Crippen LogP contribution in [0.1, 0.15) is 0 Å². The summed E-state index contributed by atoms with van der Waals surface area (Å²) in [6.45, 7) is 3.91. The molecule has 118 valence electrons. The van der Waals surface area contributed by atoms with Gasteiger partial charge in [-0.05, 0) is 25.2 Å². The largest absolute Gasteiger partial charge is 0.380 e. The van der Waals surface area contributed by atoms with E-state index in [9.17, 15) is 4.79 Å². The quantitative estimate of drug-likeness (QED) is 0.797. The van der Waals surface area contributed by atoms with Gasteiger partial charge in [0.05, 0.1) is 24.9 Å². The van der Waals surface area contributed by atoms with E-state index in [0.717, 1.165) is 36.3 Å². The molecule has 3 N–H and O–H groups in total. The fraction of sp³-hybridized carbons (Fsp3) is 0.467. The highest BCUT2D eigenvalue weighted by molar-refractivity contribution is 5.92. The Labute approximate surface area is 129 Å². The Morgan fingerprint density at radius 2 is 2.45 bits per heavy atom. The zero-order chi connectivity index (χ0) is 15.4. The fourth-order valence-electron chi connectivity index (χ4n) is 2.61. The van der Waals surface area contributed by atoms with Crippen molar-refractivity contribution in [2.24, 2.45) is 5.92 Å². The number of hydrogen-bond donors (Lipinski definition) is 3. The molecule has 2 aromatic rings. The van der Waals surface area contributed by atoms with Crippen molar-refractivity contribution in [2.45, 2.75) is 0 Å². The molecule has 1 aromatic carbocycles. The van der Waals surface area contributed by atoms with Crippen molar-refractivity contribution in [3.8, 4) is 0 Å². The highest BCUT2D eigenvalue weighted by Gasteiger charge is 2.16. The number of ether oxygens (including phenoxy) is 1. The van der Waals surface area contributed by atoms with E-state index in [1.165, 1.54) is 0 Å². The van der Waals surface area contributed by atoms with E-state index < -0.39 is 0 Å². The van der Waals surface area contributed by atoms with Crippen LogP contribution in [0, 0.1) is 5.92 Å². The van der Waals surface area contributed by atoms with Gasteiger partial charge in [-0.2, -0.15) is 5.10 Å². The van der Waals surface area contributed by atoms with E-state index in [1.54, 1.807) is 6.20 Å². The van der Waals surface area contributed by atoms with Crippen LogP contribution in [0.15, 0.2) is 24.4 Å². The molecule has 1 saturated heterocycles. The van der Waals surface area contributed by atoms with Gasteiger partial charge in [-0.3, -0.25) is 5.10 Å². The third kappa shape index (κ3) is 3.75. The molecule has 2 amide bonds. The van der Waals surface area contributed by atoms with Crippen molar-refractivity contribution < 1.29 is 9.53 Å². The summed E-state index contributed by atoms with van der Waals surface area (Å²) in [6.07, 6.45) is 1.73. The van der Waals surface area contributed by atoms with Crippen LogP contribution in [0.4, 0.5) is 10.5 Å². The maximum absolute atomic E-state index is 12.0. The second kappa shape index (κ2) is 6.76. The molecule has 1 atom stereocenters. The molecule has 7 heteroatoms. The van der Waals surface area contributed by atoms with Crippen LogP contribution in [0.5, 0.6) is 0 Å². The predicted molar refractivity (Wildman–Crippen MR) is 84.9 cm³/mol. The Bertz CT molecular complexity index is 642. The summed E-state index contributed by atoms with van der Waals surface area (Å²) < 4.78 is 5.54. The van der Waals surface area contributed by atoms with Crippen LogP contribution in [0.2, 0.25) is 0 Å². The van der Waals surface area contributed by atoms with E-state index in [-0.39, 0.29) is 6.03 Å². The van der Waals surface area contributed by atoms with Gasteiger partial charge in [-0.25, -0.2) is 4.79 Å². The average Bonchev–Trinajstić information content (AvgIpc) is 2.86. The number of nitrogens with one attached hydrogen (secondary N) is 3. The summed E-state index contributed by atoms with van der Waals surface area (Å²) in [5.41, 5.74) is 1.70. The van der Waals surface area contributed by atoms with E-state index >= 15 is 0 Å². The molecule has 2 heterocycles. The van der Waals surface area contributed by atoms with Crippen molar-refractivity contribution in [3.63, 3.8) is 0 Å². The summed E-state index contributed by atoms with van der Waals surface area (Å²) in [5, 5.41) is 13.6. The van der Waals surface area contributed by atoms with E-state index in [0.29, 0.717) is 19.1 Å². The smallest absolute Gasteiger partial charge is 0.319 e. The number of anilines is 1. The predicted octanol–water partition coefficient (Wildman–Crippen LogP) is 1.26. The third-order valence-corrected chi connectivity index (χ3v) is 3.79. The number of rotatable bonds is 3. The Kier molecular flexibility index (Phi) is 4.55. The topological polar surface area (TPSA) is 82.3 Å². The first kappa shape index (κ1) is 14.8. The zero-order valence-electron chi connectivity index (χ0n) is 12.6. The van der Waals surface area contributed by atoms with Gasteiger partial charge in [0.2, 0.25) is 0 Å². The number of H-pyrrole nitrogens is 1. The van der Waals surface area contributed by atoms with Crippen LogP contribution in [-0.4, -0.2) is 61.0 Å². The minimum atomic E-state index is -0.199. The van der Waals surface area contributed by atoms with Crippen molar-refractivity contribution >= 4 is 22.6 Å². The van der Waals surface area contributed by atoms with E-state index in [1.807, 2.05) is 18.2 Å². The number of fused-ring (bicyclic) bond motifs is 1. The van der Waals surface area contributed by atoms with Crippen LogP contribution in [-0.2, 0) is 4.74 Å². The van der Waals surface area contributed by atoms with Gasteiger partial charge < -0.3 is 20.3 Å². The van der Waals surface area contributed by atoms with Gasteiger partial charge >= 0.3 is 6.03 Å². The standard InChI is InChI=1S/C15H21N5O2/c1-20-4-5-22-10-11(9-20)7-16-15(21)18-13-2-3-14-12(6-13)8-17-19-14/h2-3,6,8,11H,4-5,7,9-10H2,1H3,(H,17,19)(H2,16,18,21). The van der Waals surface area contributed by atoms with E-state index in [4.69, 9.17) is 4.74 Å². The number of likely N-dealkylation sites (N-methyl/N-ethyl adjacent to an activating group) is 1. The first-order chi connectivity index (χ1) is 10.7. The van der Waals surface area contributed by atoms with Gasteiger partial charge in [-0.1, -0.05) is 0 Å². The first-order valence-electron chi connectivity index (χ1n) is 7.45. The number of urea groups is 1. The molecule has 22 heavy (non-hydrogen) atoms. The second-order valence-electron chi connectivity index (χ2n) is 5.71. The Morgan fingerprint density at radius 3 is 3.36 bits per heavy atom. The van der Waals surface area contributed by atoms with Gasteiger partial charge in [0.25, 0.3) is 0 Å². The lowest BCUT2D eigenvalue weighted by Crippen LogP contribution is -2.37. The summed E-state index contributed by atoms with van der Waals surface area (Å²) >= 11 is 0. The van der Waals surface area contributed by atoms with E-state index in [2.05, 4.69) is 32.8 Å². The lowest BCUT2D eigenvalue weighted by molar-refractivity contribution is 0.122. The molecular weight excluding hydrogens is 282 g/mol. The number of carbonyl (C=O) groups is 1. The van der Waals surface area contributed by atoms with Crippen molar-refractivity contribution in [2.75, 3.05) is 45.2 Å². The third-order valence-electron chi connectivity index (χ3n) is 3.79. The van der Waals surface area contributed by atoms with Gasteiger partial charge in [0.15, 0.2) is 0 Å². The summed E-state index contributed by atoms with van der Waals surface area (Å²) in [5.74, 6) is 0.314. The molecule has 1 aromatic heterocycles. The Hall–Kier alpha value is -2.12. The Balaban J connectivity index is 1.51. The number of hydrogen-bond acceptors (Lipinski definition) is 4. The van der Waals surface area contributed by atoms with Crippen molar-refractivity contribution in [1.29, 1.82) is 0 Å². The normalized spacial score (nSPS) is 19.8. The summed E-state index contributed by atoms with van der Waals surface area (Å²) in [6, 6.07) is 5.44. The number of amides is 2. The molecule has 1 aliphatic rings. The molecule has 0 saturated carbocycles. The maximum Gasteiger partial charge on any atom is 0.319 e. The number of carbonyl (C=O) groups excluding carboxylic acids is 1. The molecule has 0 aliphatic carbocycles. The summed E-state index contributed by atoms with van der Waals surface area (Å²) in [4.78, 5) is 14.2.